The predicted octanol–water partition coefficient (Wildman–Crippen LogP) is 3.02. The molecule has 1 aromatic heterocycles. The summed E-state index contributed by atoms with van der Waals surface area (Å²) in [7, 11) is 1.88. The van der Waals surface area contributed by atoms with Crippen LogP contribution in [0.5, 0.6) is 11.5 Å². The van der Waals surface area contributed by atoms with Crippen LogP contribution in [0.3, 0.4) is 0 Å². The van der Waals surface area contributed by atoms with Gasteiger partial charge in [-0.25, -0.2) is 0 Å². The van der Waals surface area contributed by atoms with Gasteiger partial charge < -0.3 is 10.1 Å². The molecule has 1 heterocycles. The molecule has 1 aromatic carbocycles. The molecule has 0 amide bonds. The Kier molecular flexibility index (Phi) is 4.58. The molecule has 0 radical (unpaired) electrons. The maximum Gasteiger partial charge on any atom is 0.165 e. The smallest absolute Gasteiger partial charge is 0.165 e. The second kappa shape index (κ2) is 6.38. The third-order valence-electron chi connectivity index (χ3n) is 2.97. The van der Waals surface area contributed by atoms with Crippen LogP contribution in [0.25, 0.3) is 0 Å². The molecule has 2 rings (SSSR count). The lowest BCUT2D eigenvalue weighted by Gasteiger charge is -2.09. The number of benzene rings is 1. The van der Waals surface area contributed by atoms with Crippen LogP contribution in [0.2, 0.25) is 0 Å². The molecule has 0 aliphatic heterocycles. The monoisotopic (exact) mass is 259 g/mol. The minimum atomic E-state index is 0.763. The van der Waals surface area contributed by atoms with Gasteiger partial charge in [0.15, 0.2) is 5.75 Å². The minimum absolute atomic E-state index is 0.763. The van der Waals surface area contributed by atoms with Crippen LogP contribution >= 0.6 is 0 Å². The summed E-state index contributed by atoms with van der Waals surface area (Å²) in [4.78, 5) is 0. The van der Waals surface area contributed by atoms with Crippen molar-refractivity contribution >= 4 is 0 Å². The number of rotatable bonds is 6. The number of hydrogen-bond donors (Lipinski definition) is 1. The lowest BCUT2D eigenvalue weighted by molar-refractivity contribution is 0.481. The molecule has 0 saturated carbocycles. The molecule has 0 atom stereocenters. The normalized spacial score (nSPS) is 10.7. The number of ether oxygens (including phenoxy) is 1. The van der Waals surface area contributed by atoms with E-state index in [1.54, 1.807) is 10.9 Å². The van der Waals surface area contributed by atoms with Crippen molar-refractivity contribution in [1.29, 1.82) is 0 Å². The summed E-state index contributed by atoms with van der Waals surface area (Å²) >= 11 is 0. The minimum Gasteiger partial charge on any atom is -0.454 e. The molecule has 0 aliphatic carbocycles. The van der Waals surface area contributed by atoms with Crippen LogP contribution in [-0.2, 0) is 13.6 Å². The Bertz CT molecular complexity index is 534. The highest BCUT2D eigenvalue weighted by Gasteiger charge is 2.03. The van der Waals surface area contributed by atoms with Crippen LogP contribution in [-0.4, -0.2) is 16.3 Å². The molecular formula is C15H21N3O. The fourth-order valence-corrected chi connectivity index (χ4v) is 1.92. The Balaban J connectivity index is 2.01. The number of nitrogens with zero attached hydrogens (tertiary/aromatic N) is 2. The molecular weight excluding hydrogens is 238 g/mol. The Morgan fingerprint density at radius 1 is 1.32 bits per heavy atom. The third kappa shape index (κ3) is 3.83. The second-order valence-corrected chi connectivity index (χ2v) is 4.72. The van der Waals surface area contributed by atoms with Gasteiger partial charge >= 0.3 is 0 Å². The molecule has 102 valence electrons. The largest absolute Gasteiger partial charge is 0.454 e. The number of hydrogen-bond acceptors (Lipinski definition) is 3. The summed E-state index contributed by atoms with van der Waals surface area (Å²) in [6, 6.07) is 6.18. The van der Waals surface area contributed by atoms with Gasteiger partial charge in [0.25, 0.3) is 0 Å². The molecule has 0 unspecified atom stereocenters. The van der Waals surface area contributed by atoms with Crippen molar-refractivity contribution in [2.45, 2.75) is 26.8 Å². The average molecular weight is 259 g/mol. The third-order valence-corrected chi connectivity index (χ3v) is 2.97. The number of aromatic nitrogens is 2. The summed E-state index contributed by atoms with van der Waals surface area (Å²) in [6.45, 7) is 6.24. The molecule has 1 N–H and O–H groups in total. The van der Waals surface area contributed by atoms with Crippen molar-refractivity contribution in [3.05, 3.63) is 41.7 Å². The molecule has 4 nitrogen and oxygen atoms in total. The standard InChI is InChI=1S/C15H21N3O/c1-4-7-16-9-13-5-6-14(8-12(13)2)19-15-10-17-18(3)11-15/h5-6,8,10-11,16H,4,7,9H2,1-3H3. The molecule has 0 saturated heterocycles. The van der Waals surface area contributed by atoms with Gasteiger partial charge in [0.05, 0.1) is 12.4 Å². The van der Waals surface area contributed by atoms with E-state index in [9.17, 15) is 0 Å². The first-order valence-electron chi connectivity index (χ1n) is 6.66. The number of nitrogens with one attached hydrogen (secondary N) is 1. The van der Waals surface area contributed by atoms with Crippen molar-refractivity contribution in [2.75, 3.05) is 6.54 Å². The van der Waals surface area contributed by atoms with Crippen LogP contribution < -0.4 is 10.1 Å². The van der Waals surface area contributed by atoms with Gasteiger partial charge in [-0.15, -0.1) is 0 Å². The van der Waals surface area contributed by atoms with Gasteiger partial charge in [-0.2, -0.15) is 5.10 Å². The second-order valence-electron chi connectivity index (χ2n) is 4.72. The fraction of sp³-hybridized carbons (Fsp3) is 0.400. The van der Waals surface area contributed by atoms with Gasteiger partial charge in [0.1, 0.15) is 5.75 Å². The molecule has 0 spiro atoms. The zero-order chi connectivity index (χ0) is 13.7. The lowest BCUT2D eigenvalue weighted by atomic mass is 10.1. The van der Waals surface area contributed by atoms with E-state index in [-0.39, 0.29) is 0 Å². The van der Waals surface area contributed by atoms with Crippen LogP contribution in [0, 0.1) is 6.92 Å². The van der Waals surface area contributed by atoms with Crippen LogP contribution in [0.4, 0.5) is 0 Å². The first kappa shape index (κ1) is 13.6. The average Bonchev–Trinajstić information content (AvgIpc) is 2.78. The van der Waals surface area contributed by atoms with Crippen molar-refractivity contribution < 1.29 is 4.74 Å². The summed E-state index contributed by atoms with van der Waals surface area (Å²) in [5, 5.41) is 7.49. The van der Waals surface area contributed by atoms with Crippen molar-refractivity contribution in [1.82, 2.24) is 15.1 Å². The quantitative estimate of drug-likeness (QED) is 0.810. The Morgan fingerprint density at radius 2 is 2.16 bits per heavy atom. The SMILES string of the molecule is CCCNCc1ccc(Oc2cnn(C)c2)cc1C. The molecule has 0 bridgehead atoms. The van der Waals surface area contributed by atoms with E-state index in [1.807, 2.05) is 19.3 Å². The highest BCUT2D eigenvalue weighted by atomic mass is 16.5. The van der Waals surface area contributed by atoms with Gasteiger partial charge in [0.2, 0.25) is 0 Å². The van der Waals surface area contributed by atoms with E-state index in [0.29, 0.717) is 0 Å². The molecule has 4 heteroatoms. The first-order chi connectivity index (χ1) is 9.19. The zero-order valence-corrected chi connectivity index (χ0v) is 11.8. The maximum absolute atomic E-state index is 5.76. The zero-order valence-electron chi connectivity index (χ0n) is 11.8. The maximum atomic E-state index is 5.76. The Labute approximate surface area is 114 Å². The molecule has 2 aromatic rings. The van der Waals surface area contributed by atoms with E-state index in [4.69, 9.17) is 4.74 Å². The van der Waals surface area contributed by atoms with E-state index >= 15 is 0 Å². The van der Waals surface area contributed by atoms with E-state index in [1.165, 1.54) is 11.1 Å². The lowest BCUT2D eigenvalue weighted by Crippen LogP contribution is -2.14. The van der Waals surface area contributed by atoms with E-state index in [0.717, 1.165) is 31.0 Å². The first-order valence-corrected chi connectivity index (χ1v) is 6.66. The molecule has 19 heavy (non-hydrogen) atoms. The van der Waals surface area contributed by atoms with Crippen molar-refractivity contribution in [3.8, 4) is 11.5 Å². The van der Waals surface area contributed by atoms with E-state index < -0.39 is 0 Å². The van der Waals surface area contributed by atoms with E-state index in [2.05, 4.69) is 36.4 Å². The number of aryl methyl sites for hydroxylation is 2. The Hall–Kier alpha value is -1.81. The van der Waals surface area contributed by atoms with Crippen LogP contribution in [0.15, 0.2) is 30.6 Å². The molecule has 0 fully saturated rings. The van der Waals surface area contributed by atoms with Gasteiger partial charge in [0, 0.05) is 13.6 Å². The fourth-order valence-electron chi connectivity index (χ4n) is 1.92. The summed E-state index contributed by atoms with van der Waals surface area (Å²) < 4.78 is 7.48. The van der Waals surface area contributed by atoms with Crippen molar-refractivity contribution in [2.24, 2.45) is 7.05 Å². The highest BCUT2D eigenvalue weighted by molar-refractivity contribution is 5.37. The van der Waals surface area contributed by atoms with Gasteiger partial charge in [-0.1, -0.05) is 13.0 Å². The molecule has 0 aliphatic rings. The summed E-state index contributed by atoms with van der Waals surface area (Å²) in [5.74, 6) is 1.61. The van der Waals surface area contributed by atoms with Crippen LogP contribution in [0.1, 0.15) is 24.5 Å². The topological polar surface area (TPSA) is 39.1 Å². The summed E-state index contributed by atoms with van der Waals surface area (Å²) in [5.41, 5.74) is 2.55. The predicted molar refractivity (Wildman–Crippen MR) is 76.5 cm³/mol. The summed E-state index contributed by atoms with van der Waals surface area (Å²) in [6.07, 6.45) is 4.72. The van der Waals surface area contributed by atoms with Gasteiger partial charge in [-0.3, -0.25) is 4.68 Å². The van der Waals surface area contributed by atoms with Crippen molar-refractivity contribution in [3.63, 3.8) is 0 Å². The van der Waals surface area contributed by atoms with Gasteiger partial charge in [-0.05, 0) is 43.1 Å². The Morgan fingerprint density at radius 3 is 2.79 bits per heavy atom. The highest BCUT2D eigenvalue weighted by Crippen LogP contribution is 2.23.